The number of allylic oxidation sites excluding steroid dienone is 2. The van der Waals surface area contributed by atoms with E-state index in [2.05, 4.69) is 134 Å². The molecule has 36 heavy (non-hydrogen) atoms. The predicted molar refractivity (Wildman–Crippen MR) is 145 cm³/mol. The van der Waals surface area contributed by atoms with Gasteiger partial charge < -0.3 is 24.8 Å². The van der Waals surface area contributed by atoms with Crippen molar-refractivity contribution in [1.29, 1.82) is 0 Å². The van der Waals surface area contributed by atoms with E-state index >= 15 is 0 Å². The first kappa shape index (κ1) is 27.1. The van der Waals surface area contributed by atoms with Crippen LogP contribution < -0.4 is 24.8 Å². The van der Waals surface area contributed by atoms with Gasteiger partial charge in [-0.1, -0.05) is 0 Å². The summed E-state index contributed by atoms with van der Waals surface area (Å²) in [7, 11) is 0. The van der Waals surface area contributed by atoms with E-state index < -0.39 is 20.4 Å². The maximum absolute atomic E-state index is 2.58. The number of hydrogen-bond donors (Lipinski definition) is 0. The molecule has 2 atom stereocenters. The second kappa shape index (κ2) is 11.6. The number of rotatable bonds is 4. The van der Waals surface area contributed by atoms with E-state index in [1.54, 1.807) is 11.1 Å². The third-order valence-corrected chi connectivity index (χ3v) is 26.4. The van der Waals surface area contributed by atoms with Crippen LogP contribution in [0.25, 0.3) is 34.4 Å². The molecule has 178 valence electrons. The van der Waals surface area contributed by atoms with E-state index in [0.717, 1.165) is 0 Å². The summed E-state index contributed by atoms with van der Waals surface area (Å²) < 4.78 is 1.32. The minimum atomic E-state index is -1.93. The molecule has 0 spiro atoms. The molecule has 0 fully saturated rings. The van der Waals surface area contributed by atoms with Crippen molar-refractivity contribution in [2.75, 3.05) is 0 Å². The molecule has 0 saturated carbocycles. The van der Waals surface area contributed by atoms with E-state index in [-0.39, 0.29) is 30.2 Å². The molecule has 0 heterocycles. The maximum Gasteiger partial charge on any atom is -1.00 e. The van der Waals surface area contributed by atoms with Crippen LogP contribution in [0.5, 0.6) is 0 Å². The second-order valence-corrected chi connectivity index (χ2v) is 27.6. The smallest absolute Gasteiger partial charge is 1.00 e. The van der Waals surface area contributed by atoms with Gasteiger partial charge in [-0.25, -0.2) is 0 Å². The van der Waals surface area contributed by atoms with Gasteiger partial charge in [0.15, 0.2) is 0 Å². The summed E-state index contributed by atoms with van der Waals surface area (Å²) >= 11 is -1.93. The van der Waals surface area contributed by atoms with Gasteiger partial charge in [0, 0.05) is 0 Å². The molecule has 4 heteroatoms. The molecular formula is C32H28Cl2SiZr. The Morgan fingerprint density at radius 3 is 1.33 bits per heavy atom. The Hall–Kier alpha value is -1.96. The third kappa shape index (κ3) is 4.82. The van der Waals surface area contributed by atoms with Gasteiger partial charge >= 0.3 is 212 Å². The van der Waals surface area contributed by atoms with Crippen molar-refractivity contribution in [3.63, 3.8) is 0 Å². The molecular weight excluding hydrogens is 575 g/mol. The molecule has 0 bridgehead atoms. The van der Waals surface area contributed by atoms with Gasteiger partial charge in [-0.15, -0.1) is 0 Å². The average Bonchev–Trinajstić information content (AvgIpc) is 3.50. The van der Waals surface area contributed by atoms with E-state index in [1.807, 2.05) is 0 Å². The Kier molecular flexibility index (Phi) is 8.74. The molecule has 4 aromatic rings. The number of halogens is 2. The Labute approximate surface area is 235 Å². The van der Waals surface area contributed by atoms with Crippen LogP contribution >= 0.6 is 0 Å². The quantitative estimate of drug-likeness (QED) is 0.316. The Bertz CT molecular complexity index is 1360. The van der Waals surface area contributed by atoms with Crippen molar-refractivity contribution in [3.8, 4) is 22.3 Å². The molecule has 0 N–H and O–H groups in total. The van der Waals surface area contributed by atoms with Crippen LogP contribution in [0.1, 0.15) is 29.5 Å². The monoisotopic (exact) mass is 600 g/mol. The summed E-state index contributed by atoms with van der Waals surface area (Å²) in [6, 6.07) is 35.8. The molecule has 6 rings (SSSR count). The van der Waals surface area contributed by atoms with Crippen molar-refractivity contribution < 1.29 is 45.2 Å². The van der Waals surface area contributed by atoms with E-state index in [0.29, 0.717) is 7.25 Å². The maximum atomic E-state index is 2.58. The number of hydrogen-bond acceptors (Lipinski definition) is 0. The van der Waals surface area contributed by atoms with Crippen molar-refractivity contribution in [2.24, 2.45) is 0 Å². The van der Waals surface area contributed by atoms with Crippen molar-refractivity contribution in [2.45, 2.75) is 20.3 Å². The summed E-state index contributed by atoms with van der Waals surface area (Å²) in [5.41, 5.74) is 11.1. The molecule has 0 aliphatic heterocycles. The van der Waals surface area contributed by atoms with Crippen LogP contribution in [-0.4, -0.2) is 5.43 Å². The minimum Gasteiger partial charge on any atom is -1.00 e. The molecule has 2 aliphatic carbocycles. The molecule has 0 amide bonds. The average molecular weight is 603 g/mol. The molecule has 0 nitrogen and oxygen atoms in total. The third-order valence-electron chi connectivity index (χ3n) is 7.28. The second-order valence-electron chi connectivity index (χ2n) is 9.48. The standard InChI is InChI=1S/2C15H11.C2H6Si.2ClH.Zr/c2*1-2-6-12(7-3-1)14-10-4-8-13-9-5-11-15(13)14;1-3-2;;;/h2*1-11H;1-2H3;2*1H;/q;;;;;+2/p-2. The Morgan fingerprint density at radius 2 is 0.944 bits per heavy atom. The molecule has 4 aromatic carbocycles. The zero-order valence-corrected chi connectivity index (χ0v) is 25.4. The fraction of sp³-hybridized carbons (Fsp3) is 0.125. The van der Waals surface area contributed by atoms with Crippen molar-refractivity contribution >= 4 is 17.6 Å². The first-order valence-electron chi connectivity index (χ1n) is 12.1. The van der Waals surface area contributed by atoms with Crippen LogP contribution in [0.3, 0.4) is 0 Å². The summed E-state index contributed by atoms with van der Waals surface area (Å²) in [4.78, 5) is 0. The topological polar surface area (TPSA) is 0 Å². The normalized spacial score (nSPS) is 16.2. The van der Waals surface area contributed by atoms with Crippen molar-refractivity contribution in [3.05, 3.63) is 131 Å². The summed E-state index contributed by atoms with van der Waals surface area (Å²) in [5, 5.41) is 0. The van der Waals surface area contributed by atoms with E-state index in [1.165, 1.54) is 33.4 Å². The van der Waals surface area contributed by atoms with Gasteiger partial charge in [-0.3, -0.25) is 0 Å². The summed E-state index contributed by atoms with van der Waals surface area (Å²) in [6.07, 6.45) is 10.0. The van der Waals surface area contributed by atoms with Gasteiger partial charge in [0.05, 0.1) is 0 Å². The van der Waals surface area contributed by atoms with Gasteiger partial charge in [-0.05, 0) is 0 Å². The fourth-order valence-corrected chi connectivity index (χ4v) is 24.5. The summed E-state index contributed by atoms with van der Waals surface area (Å²) in [6.45, 7) is 5.17. The van der Waals surface area contributed by atoms with E-state index in [4.69, 9.17) is 0 Å². The Balaban J connectivity index is 0.00000152. The van der Waals surface area contributed by atoms with Crippen LogP contribution in [0, 0.1) is 0 Å². The first-order chi connectivity index (χ1) is 16.7. The van der Waals surface area contributed by atoms with E-state index in [9.17, 15) is 0 Å². The van der Waals surface area contributed by atoms with Gasteiger partial charge in [0.2, 0.25) is 0 Å². The molecule has 0 saturated heterocycles. The fourth-order valence-electron chi connectivity index (χ4n) is 5.77. The predicted octanol–water partition coefficient (Wildman–Crippen LogP) is 2.73. The zero-order chi connectivity index (χ0) is 23.1. The minimum absolute atomic E-state index is 0. The van der Waals surface area contributed by atoms with Gasteiger partial charge in [0.1, 0.15) is 0 Å². The van der Waals surface area contributed by atoms with Crippen LogP contribution in [0.15, 0.2) is 109 Å². The van der Waals surface area contributed by atoms with Gasteiger partial charge in [0.25, 0.3) is 0 Å². The molecule has 0 aromatic heterocycles. The van der Waals surface area contributed by atoms with Crippen molar-refractivity contribution in [1.82, 2.24) is 0 Å². The van der Waals surface area contributed by atoms with Crippen LogP contribution in [0.2, 0.25) is 13.1 Å². The number of fused-ring (bicyclic) bond motifs is 2. The SMILES string of the molecule is C[Si](C)=[Zr+2]([CH]1C=Cc2c(-c3ccccc3)cccc21)[CH]1C=Cc2c(-c3ccccc3)cccc21.[Cl-].[Cl-]. The molecule has 0 radical (unpaired) electrons. The van der Waals surface area contributed by atoms with Crippen LogP contribution in [-0.2, 0) is 20.4 Å². The largest absolute Gasteiger partial charge is 1.00 e. The molecule has 2 unspecified atom stereocenters. The zero-order valence-electron chi connectivity index (χ0n) is 20.5. The number of benzene rings is 4. The Morgan fingerprint density at radius 1 is 0.528 bits per heavy atom. The molecule has 2 aliphatic rings. The summed E-state index contributed by atoms with van der Waals surface area (Å²) in [5.74, 6) is 0. The van der Waals surface area contributed by atoms with Gasteiger partial charge in [-0.2, -0.15) is 0 Å². The van der Waals surface area contributed by atoms with Crippen LogP contribution in [0.4, 0.5) is 0 Å². The first-order valence-corrected chi connectivity index (χ1v) is 21.2.